The second kappa shape index (κ2) is 14.9. The van der Waals surface area contributed by atoms with Crippen molar-refractivity contribution in [3.8, 4) is 11.5 Å². The van der Waals surface area contributed by atoms with Gasteiger partial charge in [0.1, 0.15) is 47.0 Å². The largest absolute Gasteiger partial charge is 0.496 e. The quantitative estimate of drug-likeness (QED) is 0.138. The summed E-state index contributed by atoms with van der Waals surface area (Å²) < 4.78 is 22.5. The van der Waals surface area contributed by atoms with Gasteiger partial charge in [0.15, 0.2) is 5.78 Å². The zero-order valence-electron chi connectivity index (χ0n) is 28.9. The molecule has 0 unspecified atom stereocenters. The van der Waals surface area contributed by atoms with Crippen molar-refractivity contribution in [1.82, 2.24) is 20.5 Å². The highest BCUT2D eigenvalue weighted by Gasteiger charge is 2.62. The maximum absolute atomic E-state index is 14.2. The number of nitrogens with zero attached hydrogens (tertiary/aromatic N) is 2. The van der Waals surface area contributed by atoms with Crippen LogP contribution < -0.4 is 20.1 Å². The number of hydrogen-bond acceptors (Lipinski definition) is 10. The number of nitrogens with one attached hydrogen (secondary N) is 2. The predicted molar refractivity (Wildman–Crippen MR) is 184 cm³/mol. The fraction of sp³-hybridized carbons (Fsp3) is 0.500. The lowest BCUT2D eigenvalue weighted by Gasteiger charge is -2.29. The van der Waals surface area contributed by atoms with E-state index in [9.17, 15) is 24.0 Å². The van der Waals surface area contributed by atoms with Crippen LogP contribution in [0.5, 0.6) is 11.5 Å². The molecule has 50 heavy (non-hydrogen) atoms. The van der Waals surface area contributed by atoms with E-state index < -0.39 is 53.4 Å². The Morgan fingerprint density at radius 1 is 1.12 bits per heavy atom. The first-order valence-corrected chi connectivity index (χ1v) is 16.7. The SMILES string of the molecule is [B]CC(=O)c1cc(O[C@@H]2C[C@@H](C(=O)N[C@]3(C(=O)OC)C[C@H]3C=C)N(C(=O)[C@@H](NC(=O)OC3CCCC3)C(=C)C)C2)c2cc(C)c(OC)cc2n1. The number of ether oxygens (including phenoxy) is 4. The molecule has 0 bridgehead atoms. The molecule has 1 aromatic carbocycles. The average molecular weight is 687 g/mol. The van der Waals surface area contributed by atoms with Crippen LogP contribution in [0.15, 0.2) is 43.0 Å². The molecule has 2 N–H and O–H groups in total. The van der Waals surface area contributed by atoms with Gasteiger partial charge in [-0.1, -0.05) is 12.7 Å². The maximum atomic E-state index is 14.2. The van der Waals surface area contributed by atoms with E-state index in [1.807, 2.05) is 13.0 Å². The smallest absolute Gasteiger partial charge is 0.408 e. The molecule has 1 aliphatic heterocycles. The van der Waals surface area contributed by atoms with Gasteiger partial charge in [0, 0.05) is 29.9 Å². The highest BCUT2D eigenvalue weighted by molar-refractivity contribution is 6.23. The fourth-order valence-electron chi connectivity index (χ4n) is 6.81. The highest BCUT2D eigenvalue weighted by Crippen LogP contribution is 2.45. The number of alkyl carbamates (subject to hydrolysis) is 1. The van der Waals surface area contributed by atoms with Gasteiger partial charge < -0.3 is 34.5 Å². The van der Waals surface area contributed by atoms with Crippen molar-refractivity contribution < 1.29 is 42.9 Å². The van der Waals surface area contributed by atoms with Crippen LogP contribution in [0.3, 0.4) is 0 Å². The lowest BCUT2D eigenvalue weighted by Crippen LogP contribution is -2.56. The summed E-state index contributed by atoms with van der Waals surface area (Å²) in [6, 6.07) is 2.67. The molecule has 2 aromatic rings. The Morgan fingerprint density at radius 2 is 1.84 bits per heavy atom. The number of pyridine rings is 1. The van der Waals surface area contributed by atoms with Crippen molar-refractivity contribution in [2.24, 2.45) is 5.92 Å². The van der Waals surface area contributed by atoms with Crippen LogP contribution in [0.2, 0.25) is 6.32 Å². The Hall–Kier alpha value is -4.88. The number of likely N-dealkylation sites (tertiary alicyclic amines) is 1. The lowest BCUT2D eigenvalue weighted by molar-refractivity contribution is -0.148. The maximum Gasteiger partial charge on any atom is 0.408 e. The number of carbonyl (C=O) groups excluding carboxylic acids is 5. The number of fused-ring (bicyclic) bond motifs is 1. The van der Waals surface area contributed by atoms with E-state index in [1.165, 1.54) is 25.2 Å². The molecule has 5 rings (SSSR count). The van der Waals surface area contributed by atoms with E-state index in [0.717, 1.165) is 31.2 Å². The first-order valence-electron chi connectivity index (χ1n) is 16.7. The molecule has 13 nitrogen and oxygen atoms in total. The number of carbonyl (C=O) groups is 5. The molecular weight excluding hydrogens is 643 g/mol. The first-order chi connectivity index (χ1) is 23.8. The highest BCUT2D eigenvalue weighted by atomic mass is 16.6. The third-order valence-corrected chi connectivity index (χ3v) is 9.67. The van der Waals surface area contributed by atoms with E-state index in [1.54, 1.807) is 19.1 Å². The van der Waals surface area contributed by atoms with Crippen LogP contribution in [0.1, 0.15) is 61.5 Å². The molecule has 0 spiro atoms. The van der Waals surface area contributed by atoms with Crippen LogP contribution in [0.4, 0.5) is 4.79 Å². The molecule has 2 aliphatic carbocycles. The number of rotatable bonds is 13. The number of methoxy groups -OCH3 is 2. The average Bonchev–Trinajstić information content (AvgIpc) is 3.36. The molecule has 5 atom stereocenters. The van der Waals surface area contributed by atoms with E-state index >= 15 is 0 Å². The van der Waals surface area contributed by atoms with Crippen LogP contribution in [-0.4, -0.2) is 98.0 Å². The van der Waals surface area contributed by atoms with Gasteiger partial charge >= 0.3 is 12.1 Å². The Morgan fingerprint density at radius 3 is 2.44 bits per heavy atom. The van der Waals surface area contributed by atoms with E-state index in [-0.39, 0.29) is 37.0 Å². The van der Waals surface area contributed by atoms with Gasteiger partial charge in [0.05, 0.1) is 34.1 Å². The number of aromatic nitrogens is 1. The third kappa shape index (κ3) is 7.34. The summed E-state index contributed by atoms with van der Waals surface area (Å²) in [6.45, 7) is 11.1. The Labute approximate surface area is 292 Å². The summed E-state index contributed by atoms with van der Waals surface area (Å²) >= 11 is 0. The van der Waals surface area contributed by atoms with E-state index in [0.29, 0.717) is 34.4 Å². The topological polar surface area (TPSA) is 162 Å². The summed E-state index contributed by atoms with van der Waals surface area (Å²) in [5.41, 5.74) is 0.319. The summed E-state index contributed by atoms with van der Waals surface area (Å²) in [4.78, 5) is 72.4. The van der Waals surface area contributed by atoms with Crippen LogP contribution in [0, 0.1) is 12.8 Å². The van der Waals surface area contributed by atoms with Gasteiger partial charge in [-0.15, -0.1) is 6.58 Å². The Kier molecular flexibility index (Phi) is 10.9. The zero-order chi connectivity index (χ0) is 36.3. The monoisotopic (exact) mass is 686 g/mol. The van der Waals surface area contributed by atoms with Crippen molar-refractivity contribution in [2.45, 2.75) is 88.5 Å². The summed E-state index contributed by atoms with van der Waals surface area (Å²) in [5.74, 6) is -1.74. The predicted octanol–water partition coefficient (Wildman–Crippen LogP) is 3.52. The fourth-order valence-corrected chi connectivity index (χ4v) is 6.81. The van der Waals surface area contributed by atoms with Crippen LogP contribution in [-0.2, 0) is 23.9 Å². The second-order valence-corrected chi connectivity index (χ2v) is 13.2. The normalized spacial score (nSPS) is 23.4. The number of ketones is 1. The first kappa shape index (κ1) is 36.4. The Bertz CT molecular complexity index is 1720. The number of amides is 3. The molecule has 264 valence electrons. The number of benzene rings is 1. The molecule has 3 aliphatic rings. The number of Topliss-reactive ketones (excluding diaryl/α,β-unsaturated/α-hetero) is 1. The number of esters is 1. The van der Waals surface area contributed by atoms with Crippen molar-refractivity contribution >= 4 is 48.4 Å². The number of hydrogen-bond donors (Lipinski definition) is 2. The minimum atomic E-state index is -1.31. The third-order valence-electron chi connectivity index (χ3n) is 9.67. The molecule has 14 heteroatoms. The minimum absolute atomic E-state index is 0.0160. The molecule has 2 radical (unpaired) electrons. The molecule has 2 heterocycles. The van der Waals surface area contributed by atoms with Crippen LogP contribution >= 0.6 is 0 Å². The van der Waals surface area contributed by atoms with Crippen molar-refractivity contribution in [1.29, 1.82) is 0 Å². The molecule has 3 amide bonds. The molecule has 2 saturated carbocycles. The number of aryl methyl sites for hydroxylation is 1. The second-order valence-electron chi connectivity index (χ2n) is 13.2. The van der Waals surface area contributed by atoms with Crippen molar-refractivity contribution in [3.05, 3.63) is 54.3 Å². The molecule has 1 saturated heterocycles. The Balaban J connectivity index is 1.47. The van der Waals surface area contributed by atoms with Gasteiger partial charge in [-0.25, -0.2) is 14.6 Å². The van der Waals surface area contributed by atoms with Crippen LogP contribution in [0.25, 0.3) is 10.9 Å². The van der Waals surface area contributed by atoms with Gasteiger partial charge in [-0.05, 0) is 69.5 Å². The van der Waals surface area contributed by atoms with Gasteiger partial charge in [0.2, 0.25) is 11.8 Å². The minimum Gasteiger partial charge on any atom is -0.496 e. The molecule has 3 fully saturated rings. The van der Waals surface area contributed by atoms with Gasteiger partial charge in [-0.2, -0.15) is 0 Å². The zero-order valence-corrected chi connectivity index (χ0v) is 28.9. The summed E-state index contributed by atoms with van der Waals surface area (Å²) in [6.07, 6.45) is 3.25. The van der Waals surface area contributed by atoms with Gasteiger partial charge in [-0.3, -0.25) is 14.4 Å². The summed E-state index contributed by atoms with van der Waals surface area (Å²) in [7, 11) is 8.42. The molecular formula is C36H43BN4O9. The summed E-state index contributed by atoms with van der Waals surface area (Å²) in [5, 5.41) is 6.03. The van der Waals surface area contributed by atoms with E-state index in [4.69, 9.17) is 26.8 Å². The standard InChI is InChI=1S/C36H43BN4O9/c1-7-21-16-36(21,34(45)48-6)40-32(43)27-13-23(18-41(27)33(44)31(19(2)3)39-35(46)50-22-10-8-9-11-22)49-30-15-26(28(42)17-37)38-25-14-29(47-5)20(4)12-24(25)30/h7,12,14-15,21-23,27,31H,1-2,8-11,13,16-18H2,3-6H3,(H,39,46)(H,40,43)/t21-,23-,27+,31+,36-/m1/s1. The van der Waals surface area contributed by atoms with E-state index in [2.05, 4.69) is 28.8 Å². The van der Waals surface area contributed by atoms with Crippen molar-refractivity contribution in [3.63, 3.8) is 0 Å². The lowest BCUT2D eigenvalue weighted by atomic mass is 9.98. The van der Waals surface area contributed by atoms with Gasteiger partial charge in [0.25, 0.3) is 0 Å². The van der Waals surface area contributed by atoms with Crippen molar-refractivity contribution in [2.75, 3.05) is 20.8 Å². The molecule has 1 aromatic heterocycles.